The van der Waals surface area contributed by atoms with Gasteiger partial charge in [0.2, 0.25) is 0 Å². The van der Waals surface area contributed by atoms with E-state index in [9.17, 15) is 5.11 Å². The number of aromatic hydroxyl groups is 1. The van der Waals surface area contributed by atoms with Gasteiger partial charge in [-0.15, -0.1) is 0 Å². The molecule has 1 aliphatic rings. The highest BCUT2D eigenvalue weighted by molar-refractivity contribution is 5.96. The quantitative estimate of drug-likeness (QED) is 0.246. The van der Waals surface area contributed by atoms with Gasteiger partial charge in [0.15, 0.2) is 0 Å². The summed E-state index contributed by atoms with van der Waals surface area (Å²) < 4.78 is 0. The zero-order valence-electron chi connectivity index (χ0n) is 24.2. The molecule has 1 nitrogen and oxygen atoms in total. The molecule has 0 saturated carbocycles. The monoisotopic (exact) mass is 510 g/mol. The molecule has 5 aromatic carbocycles. The zero-order valence-corrected chi connectivity index (χ0v) is 24.2. The topological polar surface area (TPSA) is 20.2 Å². The molecule has 0 unspecified atom stereocenters. The SMILES string of the molecule is Cc1ccc2cc3c(cc2c1)C(c1ccc(C(C)(C)C)cc1)(c1ccc(C(C)(C)C)cc1)c1cc(O)ccc1-3. The van der Waals surface area contributed by atoms with Gasteiger partial charge in [0.05, 0.1) is 5.41 Å². The zero-order chi connectivity index (χ0) is 27.7. The third-order valence-corrected chi connectivity index (χ3v) is 8.60. The van der Waals surface area contributed by atoms with Crippen LogP contribution in [0.2, 0.25) is 0 Å². The fraction of sp³-hybridized carbons (Fsp3) is 0.263. The number of aryl methyl sites for hydroxylation is 1. The highest BCUT2D eigenvalue weighted by Crippen LogP contribution is 2.57. The third-order valence-electron chi connectivity index (χ3n) is 8.60. The second kappa shape index (κ2) is 8.58. The van der Waals surface area contributed by atoms with Crippen molar-refractivity contribution in [2.45, 2.75) is 64.7 Å². The lowest BCUT2D eigenvalue weighted by atomic mass is 9.66. The average molecular weight is 511 g/mol. The molecule has 5 aromatic rings. The fourth-order valence-corrected chi connectivity index (χ4v) is 6.40. The number of hydrogen-bond donors (Lipinski definition) is 1. The van der Waals surface area contributed by atoms with Gasteiger partial charge in [-0.05, 0) is 97.3 Å². The minimum atomic E-state index is -0.547. The lowest BCUT2D eigenvalue weighted by molar-refractivity contribution is 0.474. The maximum Gasteiger partial charge on any atom is 0.115 e. The Bertz CT molecular complexity index is 1650. The van der Waals surface area contributed by atoms with Gasteiger partial charge in [0, 0.05) is 0 Å². The van der Waals surface area contributed by atoms with Gasteiger partial charge in [0.25, 0.3) is 0 Å². The van der Waals surface area contributed by atoms with E-state index in [1.165, 1.54) is 55.3 Å². The van der Waals surface area contributed by atoms with Gasteiger partial charge in [-0.1, -0.05) is 120 Å². The van der Waals surface area contributed by atoms with E-state index in [4.69, 9.17) is 0 Å². The molecule has 0 atom stereocenters. The van der Waals surface area contributed by atoms with Gasteiger partial charge in [-0.25, -0.2) is 0 Å². The van der Waals surface area contributed by atoms with Crippen LogP contribution in [-0.2, 0) is 16.2 Å². The van der Waals surface area contributed by atoms with Gasteiger partial charge < -0.3 is 5.11 Å². The number of phenols is 1. The van der Waals surface area contributed by atoms with E-state index in [1.807, 2.05) is 12.1 Å². The Labute approximate surface area is 233 Å². The van der Waals surface area contributed by atoms with Crippen molar-refractivity contribution in [1.29, 1.82) is 0 Å². The Balaban J connectivity index is 1.74. The van der Waals surface area contributed by atoms with Crippen molar-refractivity contribution >= 4 is 10.8 Å². The first kappa shape index (κ1) is 25.4. The molecular weight excluding hydrogens is 472 g/mol. The third kappa shape index (κ3) is 3.98. The van der Waals surface area contributed by atoms with Crippen LogP contribution in [-0.4, -0.2) is 5.11 Å². The number of phenolic OH excluding ortho intramolecular Hbond substituents is 1. The van der Waals surface area contributed by atoms with Crippen LogP contribution in [0.15, 0.2) is 97.1 Å². The predicted molar refractivity (Wildman–Crippen MR) is 165 cm³/mol. The number of fused-ring (bicyclic) bond motifs is 4. The van der Waals surface area contributed by atoms with Crippen molar-refractivity contribution in [2.24, 2.45) is 0 Å². The minimum Gasteiger partial charge on any atom is -0.508 e. The van der Waals surface area contributed by atoms with Crippen LogP contribution in [0.1, 0.15) is 80.5 Å². The molecule has 0 amide bonds. The van der Waals surface area contributed by atoms with Crippen molar-refractivity contribution in [1.82, 2.24) is 0 Å². The van der Waals surface area contributed by atoms with Crippen molar-refractivity contribution in [3.63, 3.8) is 0 Å². The smallest absolute Gasteiger partial charge is 0.115 e. The van der Waals surface area contributed by atoms with Crippen molar-refractivity contribution in [3.05, 3.63) is 136 Å². The van der Waals surface area contributed by atoms with Gasteiger partial charge in [-0.3, -0.25) is 0 Å². The summed E-state index contributed by atoms with van der Waals surface area (Å²) in [6.45, 7) is 15.7. The van der Waals surface area contributed by atoms with Gasteiger partial charge in [-0.2, -0.15) is 0 Å². The molecule has 0 spiro atoms. The number of hydrogen-bond acceptors (Lipinski definition) is 1. The first-order valence-electron chi connectivity index (χ1n) is 14.0. The number of benzene rings is 5. The van der Waals surface area contributed by atoms with Crippen LogP contribution in [0.5, 0.6) is 5.75 Å². The molecule has 1 N–H and O–H groups in total. The van der Waals surface area contributed by atoms with Crippen molar-refractivity contribution in [2.75, 3.05) is 0 Å². The first-order chi connectivity index (χ1) is 18.4. The first-order valence-corrected chi connectivity index (χ1v) is 14.0. The standard InChI is InChI=1S/C38H38O/c1-24-8-9-25-21-33-32-19-18-31(39)23-35(32)38(34(33)22-26(25)20-24,29-14-10-27(11-15-29)36(2,3)4)30-16-12-28(13-17-30)37(5,6)7/h8-23,39H,1-7H3. The summed E-state index contributed by atoms with van der Waals surface area (Å²) in [5.41, 5.74) is 10.7. The molecule has 1 aliphatic carbocycles. The molecular formula is C38H38O. The number of rotatable bonds is 2. The van der Waals surface area contributed by atoms with Gasteiger partial charge >= 0.3 is 0 Å². The molecule has 0 heterocycles. The van der Waals surface area contributed by atoms with E-state index in [-0.39, 0.29) is 10.8 Å². The van der Waals surface area contributed by atoms with E-state index in [0.29, 0.717) is 5.75 Å². The summed E-state index contributed by atoms with van der Waals surface area (Å²) in [6.07, 6.45) is 0. The lowest BCUT2D eigenvalue weighted by Gasteiger charge is -2.35. The molecule has 0 aromatic heterocycles. The van der Waals surface area contributed by atoms with Crippen LogP contribution in [0.3, 0.4) is 0 Å². The summed E-state index contributed by atoms with van der Waals surface area (Å²) in [7, 11) is 0. The fourth-order valence-electron chi connectivity index (χ4n) is 6.40. The molecule has 0 aliphatic heterocycles. The Morgan fingerprint density at radius 1 is 0.513 bits per heavy atom. The molecule has 0 fully saturated rings. The minimum absolute atomic E-state index is 0.0670. The molecule has 0 radical (unpaired) electrons. The Morgan fingerprint density at radius 2 is 1.05 bits per heavy atom. The van der Waals surface area contributed by atoms with E-state index >= 15 is 0 Å². The maximum atomic E-state index is 10.8. The Kier molecular flexibility index (Phi) is 5.60. The van der Waals surface area contributed by atoms with Crippen LogP contribution in [0.4, 0.5) is 0 Å². The lowest BCUT2D eigenvalue weighted by Crippen LogP contribution is -2.29. The van der Waals surface area contributed by atoms with Crippen molar-refractivity contribution < 1.29 is 5.11 Å². The second-order valence-corrected chi connectivity index (χ2v) is 13.4. The largest absolute Gasteiger partial charge is 0.508 e. The highest BCUT2D eigenvalue weighted by Gasteiger charge is 2.46. The maximum absolute atomic E-state index is 10.8. The molecule has 1 heteroatoms. The predicted octanol–water partition coefficient (Wildman–Crippen LogP) is 9.81. The average Bonchev–Trinajstić information content (AvgIpc) is 3.15. The normalized spacial score (nSPS) is 14.3. The summed E-state index contributed by atoms with van der Waals surface area (Å²) in [4.78, 5) is 0. The summed E-state index contributed by atoms with van der Waals surface area (Å²) in [5, 5.41) is 13.3. The molecule has 196 valence electrons. The van der Waals surface area contributed by atoms with Crippen LogP contribution in [0.25, 0.3) is 21.9 Å². The van der Waals surface area contributed by atoms with Crippen LogP contribution >= 0.6 is 0 Å². The second-order valence-electron chi connectivity index (χ2n) is 13.4. The van der Waals surface area contributed by atoms with Crippen LogP contribution in [0, 0.1) is 6.92 Å². The molecule has 0 saturated heterocycles. The summed E-state index contributed by atoms with van der Waals surface area (Å²) in [5.74, 6) is 0.295. The van der Waals surface area contributed by atoms with Gasteiger partial charge in [0.1, 0.15) is 5.75 Å². The molecule has 6 rings (SSSR count). The van der Waals surface area contributed by atoms with E-state index in [1.54, 1.807) is 0 Å². The molecule has 39 heavy (non-hydrogen) atoms. The summed E-state index contributed by atoms with van der Waals surface area (Å²) in [6, 6.07) is 35.7. The Hall–Kier alpha value is -3.84. The van der Waals surface area contributed by atoms with E-state index in [2.05, 4.69) is 133 Å². The van der Waals surface area contributed by atoms with E-state index in [0.717, 1.165) is 5.56 Å². The van der Waals surface area contributed by atoms with E-state index < -0.39 is 5.41 Å². The van der Waals surface area contributed by atoms with Crippen molar-refractivity contribution in [3.8, 4) is 16.9 Å². The summed E-state index contributed by atoms with van der Waals surface area (Å²) >= 11 is 0. The van der Waals surface area contributed by atoms with Crippen LogP contribution < -0.4 is 0 Å². The Morgan fingerprint density at radius 3 is 1.59 bits per heavy atom. The highest BCUT2D eigenvalue weighted by atomic mass is 16.3. The molecule has 0 bridgehead atoms.